The fraction of sp³-hybridized carbons (Fsp3) is 0.562. The van der Waals surface area contributed by atoms with Crippen LogP contribution >= 0.6 is 12.4 Å². The van der Waals surface area contributed by atoms with Crippen molar-refractivity contribution in [3.8, 4) is 0 Å². The molecule has 1 aromatic rings. The van der Waals surface area contributed by atoms with Crippen molar-refractivity contribution in [2.45, 2.75) is 33.7 Å². The second kappa shape index (κ2) is 8.28. The summed E-state index contributed by atoms with van der Waals surface area (Å²) in [6, 6.07) is 10.2. The van der Waals surface area contributed by atoms with E-state index in [2.05, 4.69) is 43.5 Å². The highest BCUT2D eigenvalue weighted by atomic mass is 35.5. The normalized spacial score (nSPS) is 14.1. The maximum absolute atomic E-state index is 12.2. The third-order valence-electron chi connectivity index (χ3n) is 3.24. The molecule has 1 aromatic carbocycles. The number of hydrogen-bond donors (Lipinski definition) is 2. The summed E-state index contributed by atoms with van der Waals surface area (Å²) in [6.07, 6.45) is 0. The van der Waals surface area contributed by atoms with Crippen LogP contribution in [-0.2, 0) is 4.79 Å². The van der Waals surface area contributed by atoms with Crippen LogP contribution in [0.3, 0.4) is 0 Å². The molecule has 0 saturated carbocycles. The number of carbonyl (C=O) groups excluding carboxylic acids is 1. The van der Waals surface area contributed by atoms with Gasteiger partial charge in [0.25, 0.3) is 0 Å². The topological polar surface area (TPSA) is 41.1 Å². The first-order valence-electron chi connectivity index (χ1n) is 6.86. The van der Waals surface area contributed by atoms with E-state index in [9.17, 15) is 4.79 Å². The molecule has 0 heterocycles. The summed E-state index contributed by atoms with van der Waals surface area (Å²) in [7, 11) is 1.86. The third-order valence-corrected chi connectivity index (χ3v) is 3.24. The summed E-state index contributed by atoms with van der Waals surface area (Å²) in [5.41, 5.74) is 1.14. The molecule has 0 bridgehead atoms. The SMILES string of the molecule is CNCC(C)C(=O)NC(c1ccccc1)C(C)(C)C.Cl. The van der Waals surface area contributed by atoms with E-state index in [-0.39, 0.29) is 35.7 Å². The highest BCUT2D eigenvalue weighted by Gasteiger charge is 2.28. The summed E-state index contributed by atoms with van der Waals surface area (Å²) in [6.45, 7) is 9.07. The van der Waals surface area contributed by atoms with Crippen LogP contribution in [0, 0.1) is 11.3 Å². The number of hydrogen-bond acceptors (Lipinski definition) is 2. The number of benzene rings is 1. The van der Waals surface area contributed by atoms with Crippen LogP contribution in [0.5, 0.6) is 0 Å². The van der Waals surface area contributed by atoms with Crippen molar-refractivity contribution in [1.29, 1.82) is 0 Å². The zero-order valence-electron chi connectivity index (χ0n) is 13.1. The number of carbonyl (C=O) groups is 1. The van der Waals surface area contributed by atoms with E-state index in [1.807, 2.05) is 32.2 Å². The van der Waals surface area contributed by atoms with Gasteiger partial charge >= 0.3 is 0 Å². The molecule has 1 amide bonds. The molecule has 2 unspecified atom stereocenters. The van der Waals surface area contributed by atoms with E-state index in [1.165, 1.54) is 0 Å². The van der Waals surface area contributed by atoms with Crippen LogP contribution in [0.2, 0.25) is 0 Å². The van der Waals surface area contributed by atoms with E-state index in [0.29, 0.717) is 6.54 Å². The summed E-state index contributed by atoms with van der Waals surface area (Å²) in [5.74, 6) is 0.0664. The molecule has 0 radical (unpaired) electrons. The van der Waals surface area contributed by atoms with Gasteiger partial charge in [0.05, 0.1) is 6.04 Å². The summed E-state index contributed by atoms with van der Waals surface area (Å²) < 4.78 is 0. The average molecular weight is 299 g/mol. The Balaban J connectivity index is 0.00000361. The van der Waals surface area contributed by atoms with Crippen molar-refractivity contribution in [1.82, 2.24) is 10.6 Å². The molecule has 0 spiro atoms. The zero-order chi connectivity index (χ0) is 14.5. The minimum absolute atomic E-state index is 0. The van der Waals surface area contributed by atoms with E-state index < -0.39 is 0 Å². The van der Waals surface area contributed by atoms with E-state index >= 15 is 0 Å². The van der Waals surface area contributed by atoms with Gasteiger partial charge in [-0.1, -0.05) is 58.0 Å². The lowest BCUT2D eigenvalue weighted by Crippen LogP contribution is -2.41. The predicted molar refractivity (Wildman–Crippen MR) is 87.1 cm³/mol. The van der Waals surface area contributed by atoms with Gasteiger partial charge in [-0.25, -0.2) is 0 Å². The quantitative estimate of drug-likeness (QED) is 0.877. The molecule has 4 heteroatoms. The van der Waals surface area contributed by atoms with Crippen LogP contribution in [0.4, 0.5) is 0 Å². The number of rotatable bonds is 5. The molecule has 2 atom stereocenters. The van der Waals surface area contributed by atoms with Crippen molar-refractivity contribution in [2.24, 2.45) is 11.3 Å². The maximum Gasteiger partial charge on any atom is 0.224 e. The lowest BCUT2D eigenvalue weighted by molar-refractivity contribution is -0.125. The fourth-order valence-electron chi connectivity index (χ4n) is 2.13. The number of amides is 1. The van der Waals surface area contributed by atoms with Crippen LogP contribution in [-0.4, -0.2) is 19.5 Å². The molecule has 20 heavy (non-hydrogen) atoms. The van der Waals surface area contributed by atoms with Gasteiger partial charge in [0.2, 0.25) is 5.91 Å². The van der Waals surface area contributed by atoms with Gasteiger partial charge < -0.3 is 10.6 Å². The Kier molecular flexibility index (Phi) is 7.84. The average Bonchev–Trinajstić information content (AvgIpc) is 2.35. The third kappa shape index (κ3) is 5.51. The largest absolute Gasteiger partial charge is 0.348 e. The Hall–Kier alpha value is -1.06. The highest BCUT2D eigenvalue weighted by molar-refractivity contribution is 5.85. The minimum atomic E-state index is -0.0291. The van der Waals surface area contributed by atoms with Gasteiger partial charge in [0.15, 0.2) is 0 Å². The minimum Gasteiger partial charge on any atom is -0.348 e. The second-order valence-corrected chi connectivity index (χ2v) is 6.18. The molecule has 0 aliphatic heterocycles. The van der Waals surface area contributed by atoms with Gasteiger partial charge in [-0.15, -0.1) is 12.4 Å². The Morgan fingerprint density at radius 2 is 1.75 bits per heavy atom. The van der Waals surface area contributed by atoms with Crippen LogP contribution < -0.4 is 10.6 Å². The molecule has 0 aliphatic carbocycles. The summed E-state index contributed by atoms with van der Waals surface area (Å²) in [5, 5.41) is 6.22. The van der Waals surface area contributed by atoms with Crippen LogP contribution in [0.25, 0.3) is 0 Å². The predicted octanol–water partition coefficient (Wildman–Crippen LogP) is 3.17. The molecule has 0 fully saturated rings. The summed E-state index contributed by atoms with van der Waals surface area (Å²) >= 11 is 0. The first-order valence-corrected chi connectivity index (χ1v) is 6.86. The zero-order valence-corrected chi connectivity index (χ0v) is 13.9. The molecule has 114 valence electrons. The fourth-order valence-corrected chi connectivity index (χ4v) is 2.13. The van der Waals surface area contributed by atoms with Gasteiger partial charge in [0.1, 0.15) is 0 Å². The van der Waals surface area contributed by atoms with Crippen molar-refractivity contribution >= 4 is 18.3 Å². The molecule has 0 saturated heterocycles. The van der Waals surface area contributed by atoms with E-state index in [4.69, 9.17) is 0 Å². The maximum atomic E-state index is 12.2. The van der Waals surface area contributed by atoms with E-state index in [1.54, 1.807) is 0 Å². The van der Waals surface area contributed by atoms with Gasteiger partial charge in [-0.05, 0) is 18.0 Å². The van der Waals surface area contributed by atoms with Crippen LogP contribution in [0.15, 0.2) is 30.3 Å². The van der Waals surface area contributed by atoms with E-state index in [0.717, 1.165) is 5.56 Å². The van der Waals surface area contributed by atoms with Crippen molar-refractivity contribution in [3.05, 3.63) is 35.9 Å². The molecule has 3 nitrogen and oxygen atoms in total. The number of nitrogens with one attached hydrogen (secondary N) is 2. The Morgan fingerprint density at radius 3 is 2.20 bits per heavy atom. The Labute approximate surface area is 128 Å². The summed E-state index contributed by atoms with van der Waals surface area (Å²) in [4.78, 5) is 12.2. The molecule has 0 aliphatic rings. The first kappa shape index (κ1) is 18.9. The van der Waals surface area contributed by atoms with Gasteiger partial charge in [-0.2, -0.15) is 0 Å². The molecule has 0 aromatic heterocycles. The monoisotopic (exact) mass is 298 g/mol. The molecular weight excluding hydrogens is 272 g/mol. The standard InChI is InChI=1S/C16H26N2O.ClH/c1-12(11-17-5)15(19)18-14(16(2,3)4)13-9-7-6-8-10-13;/h6-10,12,14,17H,11H2,1-5H3,(H,18,19);1H. The second-order valence-electron chi connectivity index (χ2n) is 6.18. The lowest BCUT2D eigenvalue weighted by atomic mass is 9.82. The van der Waals surface area contributed by atoms with Crippen LogP contribution in [0.1, 0.15) is 39.3 Å². The van der Waals surface area contributed by atoms with Gasteiger partial charge in [-0.3, -0.25) is 4.79 Å². The first-order chi connectivity index (χ1) is 8.86. The molecule has 1 rings (SSSR count). The highest BCUT2D eigenvalue weighted by Crippen LogP contribution is 2.32. The number of halogens is 1. The molecule has 2 N–H and O–H groups in total. The van der Waals surface area contributed by atoms with Gasteiger partial charge in [0, 0.05) is 12.5 Å². The smallest absolute Gasteiger partial charge is 0.224 e. The van der Waals surface area contributed by atoms with Crippen molar-refractivity contribution in [2.75, 3.05) is 13.6 Å². The van der Waals surface area contributed by atoms with Crippen molar-refractivity contribution in [3.63, 3.8) is 0 Å². The van der Waals surface area contributed by atoms with Crippen molar-refractivity contribution < 1.29 is 4.79 Å². The Bertz CT molecular complexity index is 401. The lowest BCUT2D eigenvalue weighted by Gasteiger charge is -2.33. The molecular formula is C16H27ClN2O. The Morgan fingerprint density at radius 1 is 1.20 bits per heavy atom.